The van der Waals surface area contributed by atoms with Crippen LogP contribution in [0.25, 0.3) is 0 Å². The first kappa shape index (κ1) is 21.5. The van der Waals surface area contributed by atoms with Crippen molar-refractivity contribution in [2.45, 2.75) is 38.9 Å². The highest BCUT2D eigenvalue weighted by molar-refractivity contribution is 5.98. The van der Waals surface area contributed by atoms with Gasteiger partial charge in [-0.3, -0.25) is 24.5 Å². The van der Waals surface area contributed by atoms with Gasteiger partial charge >= 0.3 is 0 Å². The molecule has 2 aromatic rings. The Hall–Kier alpha value is -3.23. The average molecular weight is 411 g/mol. The molecule has 158 valence electrons. The van der Waals surface area contributed by atoms with E-state index in [0.29, 0.717) is 12.1 Å². The number of carbonyl (C=O) groups is 3. The van der Waals surface area contributed by atoms with Crippen LogP contribution in [0.2, 0.25) is 0 Å². The monoisotopic (exact) mass is 411 g/mol. The summed E-state index contributed by atoms with van der Waals surface area (Å²) in [7, 11) is 0. The van der Waals surface area contributed by atoms with Crippen molar-refractivity contribution in [3.05, 3.63) is 65.2 Å². The van der Waals surface area contributed by atoms with Gasteiger partial charge in [0.25, 0.3) is 11.9 Å². The summed E-state index contributed by atoms with van der Waals surface area (Å²) in [4.78, 5) is 37.8. The summed E-state index contributed by atoms with van der Waals surface area (Å²) < 4.78 is 0. The first-order valence-electron chi connectivity index (χ1n) is 9.77. The molecule has 0 aromatic heterocycles. The fourth-order valence-electron chi connectivity index (χ4n) is 3.89. The number of anilines is 1. The van der Waals surface area contributed by atoms with Crippen molar-refractivity contribution >= 4 is 23.5 Å². The molecule has 2 heterocycles. The second-order valence-corrected chi connectivity index (χ2v) is 7.34. The molecule has 8 nitrogen and oxygen atoms in total. The number of nitrogens with one attached hydrogen (secondary N) is 1. The van der Waals surface area contributed by atoms with E-state index in [0.717, 1.165) is 44.1 Å². The minimum absolute atomic E-state index is 0.0539. The molecule has 0 aliphatic carbocycles. The van der Waals surface area contributed by atoms with Gasteiger partial charge in [-0.25, -0.2) is 5.48 Å². The molecule has 0 saturated carbocycles. The van der Waals surface area contributed by atoms with Crippen molar-refractivity contribution in [3.63, 3.8) is 0 Å². The third-order valence-corrected chi connectivity index (χ3v) is 5.23. The predicted octanol–water partition coefficient (Wildman–Crippen LogP) is 2.41. The molecule has 2 aromatic carbocycles. The van der Waals surface area contributed by atoms with E-state index in [1.165, 1.54) is 5.56 Å². The Balaban J connectivity index is 0.000000589. The molecule has 0 spiro atoms. The highest BCUT2D eigenvalue weighted by Gasteiger charge is 2.37. The summed E-state index contributed by atoms with van der Waals surface area (Å²) in [5.74, 6) is -1.24. The molecule has 2 aliphatic heterocycles. The molecule has 4 rings (SSSR count). The van der Waals surface area contributed by atoms with Gasteiger partial charge in [0.15, 0.2) is 0 Å². The topological polar surface area (TPSA) is 110 Å². The van der Waals surface area contributed by atoms with Crippen LogP contribution in [0.4, 0.5) is 5.69 Å². The lowest BCUT2D eigenvalue weighted by atomic mass is 10.1. The van der Waals surface area contributed by atoms with E-state index in [1.54, 1.807) is 17.6 Å². The SMILES string of the molecule is CC(=O)O.O=C(NO)c1ccc(CN2C(=O)[C@@H]3CCCN3Cc3ccccc32)cc1. The van der Waals surface area contributed by atoms with E-state index in [-0.39, 0.29) is 11.9 Å². The number of rotatable bonds is 3. The quantitative estimate of drug-likeness (QED) is 0.529. The smallest absolute Gasteiger partial charge is 0.300 e. The van der Waals surface area contributed by atoms with E-state index in [9.17, 15) is 9.59 Å². The highest BCUT2D eigenvalue weighted by atomic mass is 16.5. The molecular formula is C22H25N3O5. The Morgan fingerprint density at radius 1 is 1.13 bits per heavy atom. The van der Waals surface area contributed by atoms with Crippen LogP contribution in [-0.4, -0.2) is 45.6 Å². The van der Waals surface area contributed by atoms with Crippen LogP contribution in [0.3, 0.4) is 0 Å². The standard InChI is InChI=1S/C20H21N3O3.C2H4O2/c24-19(21-26)15-9-7-14(8-10-15)12-23-17-5-2-1-4-16(17)13-22-11-3-6-18(22)20(23)25;1-2(3)4/h1-2,4-5,7-10,18,26H,3,6,11-13H2,(H,21,24);1H3,(H,3,4)/t18-;/m0./s1. The normalized spacial score (nSPS) is 17.9. The van der Waals surface area contributed by atoms with E-state index < -0.39 is 11.9 Å². The van der Waals surface area contributed by atoms with Crippen LogP contribution in [0, 0.1) is 0 Å². The van der Waals surface area contributed by atoms with E-state index in [1.807, 2.05) is 35.2 Å². The van der Waals surface area contributed by atoms with Crippen molar-refractivity contribution in [3.8, 4) is 0 Å². The molecule has 0 unspecified atom stereocenters. The van der Waals surface area contributed by atoms with Crippen LogP contribution in [0.5, 0.6) is 0 Å². The Labute approximate surface area is 174 Å². The average Bonchev–Trinajstić information content (AvgIpc) is 3.16. The zero-order chi connectivity index (χ0) is 21.7. The van der Waals surface area contributed by atoms with Crippen LogP contribution < -0.4 is 10.4 Å². The molecule has 0 bridgehead atoms. The number of carbonyl (C=O) groups excluding carboxylic acids is 2. The molecule has 3 N–H and O–H groups in total. The number of hydroxylamine groups is 1. The minimum Gasteiger partial charge on any atom is -0.481 e. The van der Waals surface area contributed by atoms with Gasteiger partial charge in [0.2, 0.25) is 5.91 Å². The number of nitrogens with zero attached hydrogens (tertiary/aromatic N) is 2. The van der Waals surface area contributed by atoms with E-state index >= 15 is 0 Å². The lowest BCUT2D eigenvalue weighted by molar-refractivity contribution is -0.134. The Bertz CT molecular complexity index is 925. The van der Waals surface area contributed by atoms with Gasteiger partial charge in [-0.15, -0.1) is 0 Å². The van der Waals surface area contributed by atoms with Crippen LogP contribution in [0.15, 0.2) is 48.5 Å². The molecule has 1 saturated heterocycles. The number of amides is 2. The maximum atomic E-state index is 13.2. The van der Waals surface area contributed by atoms with E-state index in [2.05, 4.69) is 11.0 Å². The number of hydrogen-bond donors (Lipinski definition) is 3. The molecule has 8 heteroatoms. The number of aliphatic carboxylic acids is 1. The molecule has 2 amide bonds. The van der Waals surface area contributed by atoms with Crippen molar-refractivity contribution in [2.75, 3.05) is 11.4 Å². The lowest BCUT2D eigenvalue weighted by Gasteiger charge is -2.26. The number of fused-ring (bicyclic) bond motifs is 2. The Morgan fingerprint density at radius 2 is 1.80 bits per heavy atom. The summed E-state index contributed by atoms with van der Waals surface area (Å²) in [6.45, 7) is 3.31. The van der Waals surface area contributed by atoms with Crippen molar-refractivity contribution < 1.29 is 24.7 Å². The summed E-state index contributed by atoms with van der Waals surface area (Å²) in [6, 6.07) is 14.9. The maximum Gasteiger partial charge on any atom is 0.300 e. The zero-order valence-corrected chi connectivity index (χ0v) is 16.7. The van der Waals surface area contributed by atoms with E-state index in [4.69, 9.17) is 15.1 Å². The fourth-order valence-corrected chi connectivity index (χ4v) is 3.89. The number of carboxylic acids is 1. The van der Waals surface area contributed by atoms with Gasteiger partial charge in [0, 0.05) is 24.7 Å². The maximum absolute atomic E-state index is 13.2. The first-order chi connectivity index (χ1) is 14.4. The van der Waals surface area contributed by atoms with Crippen molar-refractivity contribution in [1.82, 2.24) is 10.4 Å². The summed E-state index contributed by atoms with van der Waals surface area (Å²) in [6.07, 6.45) is 1.95. The molecule has 0 radical (unpaired) electrons. The molecule has 30 heavy (non-hydrogen) atoms. The van der Waals surface area contributed by atoms with Gasteiger partial charge in [-0.05, 0) is 48.7 Å². The largest absolute Gasteiger partial charge is 0.481 e. The van der Waals surface area contributed by atoms with Gasteiger partial charge < -0.3 is 10.0 Å². The molecule has 1 atom stereocenters. The van der Waals surface area contributed by atoms with Gasteiger partial charge in [0.05, 0.1) is 12.6 Å². The third kappa shape index (κ3) is 4.84. The number of benzene rings is 2. The van der Waals surface area contributed by atoms with Crippen LogP contribution >= 0.6 is 0 Å². The van der Waals surface area contributed by atoms with Gasteiger partial charge in [-0.1, -0.05) is 30.3 Å². The minimum atomic E-state index is -0.833. The first-order valence-corrected chi connectivity index (χ1v) is 9.77. The van der Waals surface area contributed by atoms with Crippen LogP contribution in [-0.2, 0) is 22.7 Å². The Morgan fingerprint density at radius 3 is 2.47 bits per heavy atom. The highest BCUT2D eigenvalue weighted by Crippen LogP contribution is 2.33. The summed E-state index contributed by atoms with van der Waals surface area (Å²) in [5, 5.41) is 16.1. The second-order valence-electron chi connectivity index (χ2n) is 7.34. The second kappa shape index (κ2) is 9.51. The molecule has 1 fully saturated rings. The number of carboxylic acid groups (broad SMARTS) is 1. The zero-order valence-electron chi connectivity index (χ0n) is 16.7. The predicted molar refractivity (Wildman–Crippen MR) is 110 cm³/mol. The fraction of sp³-hybridized carbons (Fsp3) is 0.318. The van der Waals surface area contributed by atoms with Gasteiger partial charge in [0.1, 0.15) is 0 Å². The van der Waals surface area contributed by atoms with Crippen molar-refractivity contribution in [2.24, 2.45) is 0 Å². The molecule has 2 aliphatic rings. The lowest BCUT2D eigenvalue weighted by Crippen LogP contribution is -2.42. The molecular weight excluding hydrogens is 386 g/mol. The summed E-state index contributed by atoms with van der Waals surface area (Å²) >= 11 is 0. The van der Waals surface area contributed by atoms with Crippen LogP contribution in [0.1, 0.15) is 41.3 Å². The van der Waals surface area contributed by atoms with Gasteiger partial charge in [-0.2, -0.15) is 0 Å². The van der Waals surface area contributed by atoms with Crippen molar-refractivity contribution in [1.29, 1.82) is 0 Å². The Kier molecular flexibility index (Phi) is 6.81. The third-order valence-electron chi connectivity index (χ3n) is 5.23. The number of hydrogen-bond acceptors (Lipinski definition) is 5. The summed E-state index contributed by atoms with van der Waals surface area (Å²) in [5.41, 5.74) is 5.07. The number of para-hydroxylation sites is 1.